The zero-order valence-electron chi connectivity index (χ0n) is 17.7. The maximum Gasteiger partial charge on any atom is 0.249 e. The molecule has 158 valence electrons. The number of rotatable bonds is 7. The number of nitrogens with one attached hydrogen (secondary N) is 4. The van der Waals surface area contributed by atoms with Crippen molar-refractivity contribution in [2.45, 2.75) is 31.8 Å². The molecule has 7 nitrogen and oxygen atoms in total. The predicted molar refractivity (Wildman–Crippen MR) is 120 cm³/mol. The Labute approximate surface area is 177 Å². The molecule has 0 radical (unpaired) electrons. The first-order valence-corrected chi connectivity index (χ1v) is 10.2. The van der Waals surface area contributed by atoms with Crippen LogP contribution in [0.4, 0.5) is 11.4 Å². The van der Waals surface area contributed by atoms with E-state index in [1.54, 1.807) is 18.9 Å². The van der Waals surface area contributed by atoms with Gasteiger partial charge in [0.25, 0.3) is 0 Å². The molecule has 1 aliphatic heterocycles. The molecule has 0 bridgehead atoms. The lowest BCUT2D eigenvalue weighted by molar-refractivity contribution is -0.128. The summed E-state index contributed by atoms with van der Waals surface area (Å²) in [5.41, 5.74) is 3.76. The molecular formula is C23H29N5O2. The predicted octanol–water partition coefficient (Wildman–Crippen LogP) is 2.17. The molecule has 1 heterocycles. The van der Waals surface area contributed by atoms with E-state index in [9.17, 15) is 9.59 Å². The van der Waals surface area contributed by atoms with Gasteiger partial charge in [-0.3, -0.25) is 9.59 Å². The van der Waals surface area contributed by atoms with Crippen molar-refractivity contribution in [1.82, 2.24) is 10.6 Å². The lowest BCUT2D eigenvalue weighted by Crippen LogP contribution is -2.52. The van der Waals surface area contributed by atoms with Crippen LogP contribution in [0.3, 0.4) is 0 Å². The minimum absolute atomic E-state index is 0.127. The molecule has 7 heteroatoms. The number of nitrogens with zero attached hydrogens (tertiary/aromatic N) is 1. The molecule has 0 aliphatic carbocycles. The summed E-state index contributed by atoms with van der Waals surface area (Å²) in [6.45, 7) is 1.88. The third kappa shape index (κ3) is 4.52. The van der Waals surface area contributed by atoms with Gasteiger partial charge in [-0.05, 0) is 44.5 Å². The van der Waals surface area contributed by atoms with Crippen molar-refractivity contribution in [3.05, 3.63) is 59.7 Å². The van der Waals surface area contributed by atoms with Crippen LogP contribution in [-0.2, 0) is 16.0 Å². The minimum Gasteiger partial charge on any atom is -0.388 e. The van der Waals surface area contributed by atoms with Gasteiger partial charge in [-0.2, -0.15) is 0 Å². The summed E-state index contributed by atoms with van der Waals surface area (Å²) >= 11 is 0. The lowest BCUT2D eigenvalue weighted by atomic mass is 10.1. The van der Waals surface area contributed by atoms with Crippen LogP contribution in [-0.4, -0.2) is 50.2 Å². The Morgan fingerprint density at radius 3 is 2.60 bits per heavy atom. The fourth-order valence-corrected chi connectivity index (χ4v) is 3.65. The fourth-order valence-electron chi connectivity index (χ4n) is 3.65. The number of carbonyl (C=O) groups excluding carboxylic acids is 2. The molecule has 0 saturated carbocycles. The number of hydrogen-bond donors (Lipinski definition) is 4. The van der Waals surface area contributed by atoms with Crippen LogP contribution in [0, 0.1) is 5.41 Å². The van der Waals surface area contributed by atoms with Gasteiger partial charge in [-0.15, -0.1) is 0 Å². The van der Waals surface area contributed by atoms with E-state index < -0.39 is 12.1 Å². The average Bonchev–Trinajstić information content (AvgIpc) is 2.90. The molecule has 1 aliphatic rings. The molecule has 0 spiro atoms. The van der Waals surface area contributed by atoms with Crippen molar-refractivity contribution in [2.24, 2.45) is 0 Å². The topological polar surface area (TPSA) is 97.3 Å². The zero-order valence-corrected chi connectivity index (χ0v) is 17.7. The van der Waals surface area contributed by atoms with Gasteiger partial charge in [0, 0.05) is 24.0 Å². The van der Waals surface area contributed by atoms with Gasteiger partial charge in [-0.25, -0.2) is 0 Å². The van der Waals surface area contributed by atoms with Gasteiger partial charge in [0.1, 0.15) is 6.04 Å². The van der Waals surface area contributed by atoms with Crippen LogP contribution in [0.2, 0.25) is 0 Å². The molecule has 3 rings (SSSR count). The van der Waals surface area contributed by atoms with Crippen LogP contribution >= 0.6 is 0 Å². The molecule has 2 amide bonds. The Hall–Kier alpha value is -3.19. The molecule has 2 aromatic carbocycles. The summed E-state index contributed by atoms with van der Waals surface area (Å²) in [6, 6.07) is 14.3. The van der Waals surface area contributed by atoms with Gasteiger partial charge in [-0.1, -0.05) is 36.4 Å². The third-order valence-corrected chi connectivity index (χ3v) is 5.53. The van der Waals surface area contributed by atoms with Gasteiger partial charge in [0.15, 0.2) is 0 Å². The van der Waals surface area contributed by atoms with E-state index in [0.29, 0.717) is 18.6 Å². The monoisotopic (exact) mass is 407 g/mol. The SMILES string of the molecule is CNc1ccccc1C(=N)CN1C(=O)C(NC(=O)C(C)NC)CCc2ccccc21. The van der Waals surface area contributed by atoms with Gasteiger partial charge < -0.3 is 26.3 Å². The second kappa shape index (κ2) is 9.54. The van der Waals surface area contributed by atoms with Gasteiger partial charge in [0.2, 0.25) is 11.8 Å². The minimum atomic E-state index is -0.631. The number of hydrogen-bond acceptors (Lipinski definition) is 5. The summed E-state index contributed by atoms with van der Waals surface area (Å²) < 4.78 is 0. The first-order chi connectivity index (χ1) is 14.5. The molecule has 0 aromatic heterocycles. The van der Waals surface area contributed by atoms with Crippen LogP contribution in [0.1, 0.15) is 24.5 Å². The lowest BCUT2D eigenvalue weighted by Gasteiger charge is -2.27. The van der Waals surface area contributed by atoms with Crippen LogP contribution in [0.15, 0.2) is 48.5 Å². The maximum absolute atomic E-state index is 13.5. The summed E-state index contributed by atoms with van der Waals surface area (Å²) in [4.78, 5) is 27.5. The molecule has 4 N–H and O–H groups in total. The summed E-state index contributed by atoms with van der Waals surface area (Å²) in [6.07, 6.45) is 1.20. The molecule has 2 atom stereocenters. The number of carbonyl (C=O) groups is 2. The van der Waals surface area contributed by atoms with E-state index in [2.05, 4.69) is 16.0 Å². The molecular weight excluding hydrogens is 378 g/mol. The molecule has 30 heavy (non-hydrogen) atoms. The van der Waals surface area contributed by atoms with Crippen molar-refractivity contribution in [3.8, 4) is 0 Å². The smallest absolute Gasteiger partial charge is 0.249 e. The highest BCUT2D eigenvalue weighted by molar-refractivity contribution is 6.11. The Bertz CT molecular complexity index is 943. The first kappa shape index (κ1) is 21.5. The van der Waals surface area contributed by atoms with E-state index in [1.165, 1.54) is 0 Å². The first-order valence-electron chi connectivity index (χ1n) is 10.2. The van der Waals surface area contributed by atoms with Crippen molar-refractivity contribution < 1.29 is 9.59 Å². The second-order valence-electron chi connectivity index (χ2n) is 7.44. The zero-order chi connectivity index (χ0) is 21.7. The maximum atomic E-state index is 13.5. The average molecular weight is 408 g/mol. The number of aryl methyl sites for hydroxylation is 1. The number of para-hydroxylation sites is 2. The number of anilines is 2. The highest BCUT2D eigenvalue weighted by atomic mass is 16.2. The molecule has 0 saturated heterocycles. The molecule has 0 fully saturated rings. The Kier molecular flexibility index (Phi) is 6.84. The summed E-state index contributed by atoms with van der Waals surface area (Å²) in [5.74, 6) is -0.402. The second-order valence-corrected chi connectivity index (χ2v) is 7.44. The van der Waals surface area contributed by atoms with E-state index in [4.69, 9.17) is 5.41 Å². The Balaban J connectivity index is 1.91. The third-order valence-electron chi connectivity index (χ3n) is 5.53. The largest absolute Gasteiger partial charge is 0.388 e. The standard InChI is InChI=1S/C23H29N5O2/c1-15(25-2)22(29)27-20-13-12-16-8-4-7-11-21(16)28(23(20)30)14-18(24)17-9-5-6-10-19(17)26-3/h4-11,15,20,24-26H,12-14H2,1-3H3,(H,27,29). The van der Waals surface area contributed by atoms with Crippen molar-refractivity contribution in [1.29, 1.82) is 5.41 Å². The fraction of sp³-hybridized carbons (Fsp3) is 0.348. The quantitative estimate of drug-likeness (QED) is 0.529. The van der Waals surface area contributed by atoms with E-state index >= 15 is 0 Å². The Morgan fingerprint density at radius 1 is 1.17 bits per heavy atom. The van der Waals surface area contributed by atoms with Gasteiger partial charge in [0.05, 0.1) is 18.3 Å². The number of benzene rings is 2. The summed E-state index contributed by atoms with van der Waals surface area (Å²) in [5, 5.41) is 17.6. The van der Waals surface area contributed by atoms with Crippen molar-refractivity contribution >= 4 is 28.9 Å². The van der Waals surface area contributed by atoms with E-state index in [0.717, 1.165) is 22.5 Å². The Morgan fingerprint density at radius 2 is 1.87 bits per heavy atom. The summed E-state index contributed by atoms with van der Waals surface area (Å²) in [7, 11) is 3.52. The van der Waals surface area contributed by atoms with Crippen LogP contribution in [0.5, 0.6) is 0 Å². The number of fused-ring (bicyclic) bond motifs is 1. The van der Waals surface area contributed by atoms with E-state index in [1.807, 2.05) is 55.6 Å². The van der Waals surface area contributed by atoms with Crippen molar-refractivity contribution in [2.75, 3.05) is 30.9 Å². The highest BCUT2D eigenvalue weighted by Gasteiger charge is 2.32. The molecule has 2 aromatic rings. The number of amides is 2. The highest BCUT2D eigenvalue weighted by Crippen LogP contribution is 2.28. The van der Waals surface area contributed by atoms with Gasteiger partial charge >= 0.3 is 0 Å². The van der Waals surface area contributed by atoms with Crippen LogP contribution < -0.4 is 20.9 Å². The number of likely N-dealkylation sites (N-methyl/N-ethyl adjacent to an activating group) is 1. The van der Waals surface area contributed by atoms with Crippen molar-refractivity contribution in [3.63, 3.8) is 0 Å². The molecule has 2 unspecified atom stereocenters. The van der Waals surface area contributed by atoms with Crippen LogP contribution in [0.25, 0.3) is 0 Å². The normalized spacial score (nSPS) is 17.0. The van der Waals surface area contributed by atoms with E-state index in [-0.39, 0.29) is 18.4 Å².